The number of carbonyl (C=O) groups excluding carboxylic acids is 1. The molecule has 0 saturated heterocycles. The Labute approximate surface area is 76.0 Å². The lowest BCUT2D eigenvalue weighted by atomic mass is 9.99. The highest BCUT2D eigenvalue weighted by Crippen LogP contribution is 2.19. The van der Waals surface area contributed by atoms with Crippen molar-refractivity contribution in [3.8, 4) is 0 Å². The first-order chi connectivity index (χ1) is 6.31. The molecule has 3 heteroatoms. The highest BCUT2D eigenvalue weighted by atomic mass is 16.6. The van der Waals surface area contributed by atoms with Crippen LogP contribution in [0.3, 0.4) is 0 Å². The van der Waals surface area contributed by atoms with Crippen LogP contribution in [-0.4, -0.2) is 23.8 Å². The maximum absolute atomic E-state index is 11.3. The number of benzene rings is 1. The third kappa shape index (κ3) is 1.42. The van der Waals surface area contributed by atoms with Gasteiger partial charge in [0.2, 0.25) is 0 Å². The van der Waals surface area contributed by atoms with Crippen molar-refractivity contribution in [1.82, 2.24) is 0 Å². The molecule has 0 aromatic heterocycles. The Hall–Kier alpha value is -1.35. The number of cyclic esters (lactones) is 1. The second-order valence-corrected chi connectivity index (χ2v) is 3.07. The van der Waals surface area contributed by atoms with E-state index in [-0.39, 0.29) is 18.7 Å². The molecule has 1 aromatic carbocycles. The fourth-order valence-electron chi connectivity index (χ4n) is 1.50. The Morgan fingerprint density at radius 3 is 3.00 bits per heavy atom. The van der Waals surface area contributed by atoms with Gasteiger partial charge in [0.15, 0.2) is 0 Å². The van der Waals surface area contributed by atoms with Crippen LogP contribution in [0.5, 0.6) is 0 Å². The summed E-state index contributed by atoms with van der Waals surface area (Å²) in [5, 5.41) is 8.86. The predicted molar refractivity (Wildman–Crippen MR) is 46.4 cm³/mol. The van der Waals surface area contributed by atoms with E-state index in [1.165, 1.54) is 0 Å². The van der Waals surface area contributed by atoms with Crippen LogP contribution in [0.2, 0.25) is 0 Å². The van der Waals surface area contributed by atoms with Crippen molar-refractivity contribution in [2.75, 3.05) is 6.61 Å². The van der Waals surface area contributed by atoms with E-state index in [9.17, 15) is 4.79 Å². The number of carbonyl (C=O) groups is 1. The van der Waals surface area contributed by atoms with Crippen LogP contribution in [-0.2, 0) is 11.2 Å². The van der Waals surface area contributed by atoms with Crippen LogP contribution in [0.15, 0.2) is 24.3 Å². The molecule has 0 amide bonds. The van der Waals surface area contributed by atoms with Gasteiger partial charge in [0.05, 0.1) is 12.2 Å². The van der Waals surface area contributed by atoms with Crippen molar-refractivity contribution in [2.45, 2.75) is 12.5 Å². The van der Waals surface area contributed by atoms with E-state index in [0.29, 0.717) is 12.0 Å². The Balaban J connectivity index is 2.37. The zero-order chi connectivity index (χ0) is 9.26. The Morgan fingerprint density at radius 2 is 2.23 bits per heavy atom. The molecule has 68 valence electrons. The van der Waals surface area contributed by atoms with Crippen LogP contribution in [0.25, 0.3) is 0 Å². The molecular formula is C10H10O3. The summed E-state index contributed by atoms with van der Waals surface area (Å²) in [6.45, 7) is -0.111. The minimum Gasteiger partial charge on any atom is -0.456 e. The second-order valence-electron chi connectivity index (χ2n) is 3.07. The van der Waals surface area contributed by atoms with E-state index in [1.54, 1.807) is 12.1 Å². The summed E-state index contributed by atoms with van der Waals surface area (Å²) in [5.74, 6) is -0.332. The minimum absolute atomic E-state index is 0.111. The number of hydrogen-bond acceptors (Lipinski definition) is 3. The van der Waals surface area contributed by atoms with Gasteiger partial charge in [0, 0.05) is 6.42 Å². The van der Waals surface area contributed by atoms with Crippen molar-refractivity contribution in [3.63, 3.8) is 0 Å². The molecule has 0 spiro atoms. The smallest absolute Gasteiger partial charge is 0.338 e. The standard InChI is InChI=1S/C10H10O3/c11-6-8-5-7-3-1-2-4-9(7)10(12)13-8/h1-4,8,11H,5-6H2/t8-/m1/s1. The van der Waals surface area contributed by atoms with Gasteiger partial charge in [-0.3, -0.25) is 0 Å². The van der Waals surface area contributed by atoms with Crippen molar-refractivity contribution >= 4 is 5.97 Å². The fraction of sp³-hybridized carbons (Fsp3) is 0.300. The van der Waals surface area contributed by atoms with E-state index in [4.69, 9.17) is 9.84 Å². The summed E-state index contributed by atoms with van der Waals surface area (Å²) in [7, 11) is 0. The van der Waals surface area contributed by atoms with Gasteiger partial charge >= 0.3 is 5.97 Å². The molecule has 0 fully saturated rings. The average Bonchev–Trinajstić information content (AvgIpc) is 2.18. The monoisotopic (exact) mass is 178 g/mol. The van der Waals surface area contributed by atoms with Gasteiger partial charge in [-0.2, -0.15) is 0 Å². The molecule has 1 heterocycles. The van der Waals surface area contributed by atoms with Crippen molar-refractivity contribution in [1.29, 1.82) is 0 Å². The summed E-state index contributed by atoms with van der Waals surface area (Å²) >= 11 is 0. The predicted octanol–water partition coefficient (Wildman–Crippen LogP) is 0.760. The zero-order valence-corrected chi connectivity index (χ0v) is 7.06. The number of aliphatic hydroxyl groups is 1. The highest BCUT2D eigenvalue weighted by Gasteiger charge is 2.24. The van der Waals surface area contributed by atoms with Gasteiger partial charge in [-0.05, 0) is 11.6 Å². The summed E-state index contributed by atoms with van der Waals surface area (Å²) in [6, 6.07) is 7.31. The van der Waals surface area contributed by atoms with Crippen LogP contribution >= 0.6 is 0 Å². The van der Waals surface area contributed by atoms with Crippen LogP contribution < -0.4 is 0 Å². The summed E-state index contributed by atoms with van der Waals surface area (Å²) in [6.07, 6.45) is 0.237. The minimum atomic E-state index is -0.373. The van der Waals surface area contributed by atoms with Gasteiger partial charge in [0.1, 0.15) is 6.10 Å². The van der Waals surface area contributed by atoms with E-state index in [0.717, 1.165) is 5.56 Å². The molecule has 2 rings (SSSR count). The van der Waals surface area contributed by atoms with Crippen LogP contribution in [0.1, 0.15) is 15.9 Å². The number of esters is 1. The molecule has 0 unspecified atom stereocenters. The number of rotatable bonds is 1. The molecule has 1 aromatic rings. The van der Waals surface area contributed by atoms with Crippen molar-refractivity contribution < 1.29 is 14.6 Å². The molecule has 1 aliphatic heterocycles. The molecule has 1 atom stereocenters. The largest absolute Gasteiger partial charge is 0.456 e. The Bertz CT molecular complexity index is 333. The second kappa shape index (κ2) is 3.18. The van der Waals surface area contributed by atoms with Gasteiger partial charge < -0.3 is 9.84 Å². The zero-order valence-electron chi connectivity index (χ0n) is 7.06. The molecule has 0 saturated carbocycles. The average molecular weight is 178 g/mol. The summed E-state index contributed by atoms with van der Waals surface area (Å²) in [5.41, 5.74) is 1.57. The maximum atomic E-state index is 11.3. The number of aliphatic hydroxyl groups excluding tert-OH is 1. The first-order valence-corrected chi connectivity index (χ1v) is 4.21. The molecular weight excluding hydrogens is 168 g/mol. The molecule has 0 bridgehead atoms. The lowest BCUT2D eigenvalue weighted by molar-refractivity contribution is 0.00939. The molecule has 1 aliphatic rings. The van der Waals surface area contributed by atoms with E-state index >= 15 is 0 Å². The first-order valence-electron chi connectivity index (χ1n) is 4.21. The van der Waals surface area contributed by atoms with E-state index in [1.807, 2.05) is 12.1 Å². The normalized spacial score (nSPS) is 20.7. The quantitative estimate of drug-likeness (QED) is 0.646. The molecule has 13 heavy (non-hydrogen) atoms. The third-order valence-corrected chi connectivity index (χ3v) is 2.16. The van der Waals surface area contributed by atoms with Crippen molar-refractivity contribution in [2.24, 2.45) is 0 Å². The van der Waals surface area contributed by atoms with E-state index in [2.05, 4.69) is 0 Å². The number of ether oxygens (including phenoxy) is 1. The van der Waals surface area contributed by atoms with Crippen molar-refractivity contribution in [3.05, 3.63) is 35.4 Å². The highest BCUT2D eigenvalue weighted by molar-refractivity contribution is 5.92. The molecule has 0 radical (unpaired) electrons. The summed E-state index contributed by atoms with van der Waals surface area (Å²) < 4.78 is 4.97. The van der Waals surface area contributed by atoms with Gasteiger partial charge in [-0.25, -0.2) is 4.79 Å². The lowest BCUT2D eigenvalue weighted by Gasteiger charge is -2.22. The topological polar surface area (TPSA) is 46.5 Å². The third-order valence-electron chi connectivity index (χ3n) is 2.16. The molecule has 1 N–H and O–H groups in total. The summed E-state index contributed by atoms with van der Waals surface area (Å²) in [4.78, 5) is 11.3. The van der Waals surface area contributed by atoms with E-state index < -0.39 is 0 Å². The fourth-order valence-corrected chi connectivity index (χ4v) is 1.50. The Kier molecular flexibility index (Phi) is 2.02. The Morgan fingerprint density at radius 1 is 1.46 bits per heavy atom. The molecule has 3 nitrogen and oxygen atoms in total. The molecule has 0 aliphatic carbocycles. The number of hydrogen-bond donors (Lipinski definition) is 1. The van der Waals surface area contributed by atoms with Gasteiger partial charge in [0.25, 0.3) is 0 Å². The first kappa shape index (κ1) is 8.26. The van der Waals surface area contributed by atoms with Crippen LogP contribution in [0.4, 0.5) is 0 Å². The number of fused-ring (bicyclic) bond motifs is 1. The van der Waals surface area contributed by atoms with Crippen LogP contribution in [0, 0.1) is 0 Å². The maximum Gasteiger partial charge on any atom is 0.338 e. The lowest BCUT2D eigenvalue weighted by Crippen LogP contribution is -2.30. The van der Waals surface area contributed by atoms with Gasteiger partial charge in [-0.1, -0.05) is 18.2 Å². The SMILES string of the molecule is O=C1O[C@@H](CO)Cc2ccccc21. The van der Waals surface area contributed by atoms with Gasteiger partial charge in [-0.15, -0.1) is 0 Å².